The number of carbonyl (C=O) groups is 1. The van der Waals surface area contributed by atoms with Crippen LogP contribution in [0.4, 0.5) is 23.2 Å². The SMILES string of the molecule is CC(=O)NCCc1cc(C(F)(F)F)c(N2CC3CCC(C2)N3)cc1F. The van der Waals surface area contributed by atoms with Gasteiger partial charge in [0.1, 0.15) is 5.82 Å². The molecule has 1 aromatic carbocycles. The number of hydrogen-bond donors (Lipinski definition) is 2. The topological polar surface area (TPSA) is 44.4 Å². The van der Waals surface area contributed by atoms with E-state index in [-0.39, 0.29) is 42.2 Å². The summed E-state index contributed by atoms with van der Waals surface area (Å²) in [5.74, 6) is -0.969. The quantitative estimate of drug-likeness (QED) is 0.812. The lowest BCUT2D eigenvalue weighted by Crippen LogP contribution is -2.51. The highest BCUT2D eigenvalue weighted by atomic mass is 19.4. The molecule has 2 saturated heterocycles. The molecule has 4 nitrogen and oxygen atoms in total. The van der Waals surface area contributed by atoms with Crippen molar-refractivity contribution in [2.75, 3.05) is 24.5 Å². The van der Waals surface area contributed by atoms with E-state index in [0.29, 0.717) is 13.1 Å². The zero-order chi connectivity index (χ0) is 18.2. The lowest BCUT2D eigenvalue weighted by molar-refractivity contribution is -0.137. The summed E-state index contributed by atoms with van der Waals surface area (Å²) < 4.78 is 55.0. The van der Waals surface area contributed by atoms with Crippen molar-refractivity contribution in [3.8, 4) is 0 Å². The minimum Gasteiger partial charge on any atom is -0.368 e. The predicted octanol–water partition coefficient (Wildman–Crippen LogP) is 2.46. The smallest absolute Gasteiger partial charge is 0.368 e. The van der Waals surface area contributed by atoms with Crippen molar-refractivity contribution in [1.29, 1.82) is 0 Å². The third-order valence-corrected chi connectivity index (χ3v) is 4.80. The molecule has 2 heterocycles. The first-order valence-electron chi connectivity index (χ1n) is 8.39. The molecular weight excluding hydrogens is 338 g/mol. The molecule has 0 spiro atoms. The van der Waals surface area contributed by atoms with Crippen LogP contribution < -0.4 is 15.5 Å². The normalized spacial score (nSPS) is 23.0. The van der Waals surface area contributed by atoms with Gasteiger partial charge in [0, 0.05) is 38.6 Å². The van der Waals surface area contributed by atoms with Crippen molar-refractivity contribution in [2.24, 2.45) is 0 Å². The zero-order valence-corrected chi connectivity index (χ0v) is 13.9. The number of hydrogen-bond acceptors (Lipinski definition) is 3. The molecule has 0 aromatic heterocycles. The number of benzene rings is 1. The first kappa shape index (κ1) is 18.0. The first-order chi connectivity index (χ1) is 11.7. The van der Waals surface area contributed by atoms with Crippen molar-refractivity contribution < 1.29 is 22.4 Å². The minimum atomic E-state index is -4.56. The molecule has 0 aliphatic carbocycles. The van der Waals surface area contributed by atoms with E-state index in [4.69, 9.17) is 0 Å². The van der Waals surface area contributed by atoms with E-state index in [9.17, 15) is 22.4 Å². The van der Waals surface area contributed by atoms with Crippen LogP contribution in [-0.2, 0) is 17.4 Å². The molecule has 2 unspecified atom stereocenters. The largest absolute Gasteiger partial charge is 0.418 e. The van der Waals surface area contributed by atoms with E-state index < -0.39 is 17.6 Å². The molecule has 2 aliphatic heterocycles. The Balaban J connectivity index is 1.89. The molecular formula is C17H21F4N3O. The lowest BCUT2D eigenvalue weighted by Gasteiger charge is -2.36. The summed E-state index contributed by atoms with van der Waals surface area (Å²) in [6.07, 6.45) is -2.68. The first-order valence-corrected chi connectivity index (χ1v) is 8.39. The Hall–Kier alpha value is -1.83. The number of rotatable bonds is 4. The van der Waals surface area contributed by atoms with Gasteiger partial charge in [-0.1, -0.05) is 0 Å². The highest BCUT2D eigenvalue weighted by Crippen LogP contribution is 2.39. The molecule has 2 fully saturated rings. The Morgan fingerprint density at radius 2 is 1.92 bits per heavy atom. The molecule has 8 heteroatoms. The Morgan fingerprint density at radius 1 is 1.28 bits per heavy atom. The molecule has 3 rings (SSSR count). The summed E-state index contributed by atoms with van der Waals surface area (Å²) in [5.41, 5.74) is -0.942. The van der Waals surface area contributed by atoms with Gasteiger partial charge in [-0.2, -0.15) is 13.2 Å². The van der Waals surface area contributed by atoms with E-state index in [1.807, 2.05) is 0 Å². The van der Waals surface area contributed by atoms with Crippen LogP contribution in [0.25, 0.3) is 0 Å². The van der Waals surface area contributed by atoms with Crippen LogP contribution >= 0.6 is 0 Å². The molecule has 0 saturated carbocycles. The standard InChI is InChI=1S/C17H21F4N3O/c1-10(25)22-5-4-11-6-14(17(19,20)21)16(7-15(11)18)24-8-12-2-3-13(9-24)23-12/h6-7,12-13,23H,2-5,8-9H2,1H3,(H,22,25). The monoisotopic (exact) mass is 359 g/mol. The molecule has 2 atom stereocenters. The fourth-order valence-electron chi connectivity index (χ4n) is 3.65. The molecule has 2 aliphatic rings. The molecule has 2 N–H and O–H groups in total. The van der Waals surface area contributed by atoms with Crippen LogP contribution in [0, 0.1) is 5.82 Å². The maximum Gasteiger partial charge on any atom is 0.418 e. The Kier molecular flexibility index (Phi) is 4.90. The summed E-state index contributed by atoms with van der Waals surface area (Å²) in [6, 6.07) is 2.19. The van der Waals surface area contributed by atoms with E-state index in [1.165, 1.54) is 6.92 Å². The number of nitrogens with one attached hydrogen (secondary N) is 2. The van der Waals surface area contributed by atoms with Gasteiger partial charge in [0.05, 0.1) is 11.3 Å². The predicted molar refractivity (Wildman–Crippen MR) is 85.9 cm³/mol. The number of nitrogens with zero attached hydrogens (tertiary/aromatic N) is 1. The highest BCUT2D eigenvalue weighted by molar-refractivity contribution is 5.72. The van der Waals surface area contributed by atoms with Crippen molar-refractivity contribution in [1.82, 2.24) is 10.6 Å². The maximum atomic E-state index is 14.4. The van der Waals surface area contributed by atoms with E-state index in [0.717, 1.165) is 25.0 Å². The van der Waals surface area contributed by atoms with Gasteiger partial charge in [0.2, 0.25) is 5.91 Å². The summed E-state index contributed by atoms with van der Waals surface area (Å²) >= 11 is 0. The third-order valence-electron chi connectivity index (χ3n) is 4.80. The van der Waals surface area contributed by atoms with Crippen molar-refractivity contribution in [3.05, 3.63) is 29.1 Å². The van der Waals surface area contributed by atoms with E-state index in [2.05, 4.69) is 10.6 Å². The molecule has 25 heavy (non-hydrogen) atoms. The van der Waals surface area contributed by atoms with Crippen molar-refractivity contribution in [2.45, 2.75) is 44.4 Å². The molecule has 1 aromatic rings. The van der Waals surface area contributed by atoms with Gasteiger partial charge < -0.3 is 15.5 Å². The fourth-order valence-corrected chi connectivity index (χ4v) is 3.65. The van der Waals surface area contributed by atoms with Gasteiger partial charge in [0.15, 0.2) is 0 Å². The van der Waals surface area contributed by atoms with E-state index >= 15 is 0 Å². The Labute approximate surface area is 143 Å². The highest BCUT2D eigenvalue weighted by Gasteiger charge is 2.39. The number of anilines is 1. The van der Waals surface area contributed by atoms with Crippen molar-refractivity contribution >= 4 is 11.6 Å². The number of piperazine rings is 1. The second-order valence-electron chi connectivity index (χ2n) is 6.73. The molecule has 138 valence electrons. The van der Waals surface area contributed by atoms with Crippen LogP contribution in [0.3, 0.4) is 0 Å². The molecule has 1 amide bonds. The van der Waals surface area contributed by atoms with Crippen molar-refractivity contribution in [3.63, 3.8) is 0 Å². The number of amides is 1. The Morgan fingerprint density at radius 3 is 2.48 bits per heavy atom. The van der Waals surface area contributed by atoms with Gasteiger partial charge in [-0.15, -0.1) is 0 Å². The molecule has 2 bridgehead atoms. The molecule has 0 radical (unpaired) electrons. The van der Waals surface area contributed by atoms with Crippen LogP contribution in [-0.4, -0.2) is 37.6 Å². The maximum absolute atomic E-state index is 14.4. The number of halogens is 4. The summed E-state index contributed by atoms with van der Waals surface area (Å²) in [4.78, 5) is 12.5. The fraction of sp³-hybridized carbons (Fsp3) is 0.588. The number of carbonyl (C=O) groups excluding carboxylic acids is 1. The third kappa shape index (κ3) is 4.05. The number of fused-ring (bicyclic) bond motifs is 2. The van der Waals surface area contributed by atoms with Gasteiger partial charge in [0.25, 0.3) is 0 Å². The number of alkyl halides is 3. The minimum absolute atomic E-state index is 0.0155. The van der Waals surface area contributed by atoms with E-state index in [1.54, 1.807) is 4.90 Å². The van der Waals surface area contributed by atoms with Crippen LogP contribution in [0.15, 0.2) is 12.1 Å². The van der Waals surface area contributed by atoms with Crippen LogP contribution in [0.1, 0.15) is 30.9 Å². The average molecular weight is 359 g/mol. The van der Waals surface area contributed by atoms with Gasteiger partial charge >= 0.3 is 6.18 Å². The summed E-state index contributed by atoms with van der Waals surface area (Å²) in [5, 5.41) is 5.83. The van der Waals surface area contributed by atoms with Crippen LogP contribution in [0.2, 0.25) is 0 Å². The summed E-state index contributed by atoms with van der Waals surface area (Å²) in [6.45, 7) is 2.30. The lowest BCUT2D eigenvalue weighted by atomic mass is 10.0. The average Bonchev–Trinajstić information content (AvgIpc) is 2.85. The van der Waals surface area contributed by atoms with Gasteiger partial charge in [-0.3, -0.25) is 4.79 Å². The zero-order valence-electron chi connectivity index (χ0n) is 13.9. The van der Waals surface area contributed by atoms with Gasteiger partial charge in [-0.25, -0.2) is 4.39 Å². The second-order valence-corrected chi connectivity index (χ2v) is 6.73. The second kappa shape index (κ2) is 6.82. The Bertz CT molecular complexity index is 650. The van der Waals surface area contributed by atoms with Crippen LogP contribution in [0.5, 0.6) is 0 Å². The summed E-state index contributed by atoms with van der Waals surface area (Å²) in [7, 11) is 0. The van der Waals surface area contributed by atoms with Gasteiger partial charge in [-0.05, 0) is 37.0 Å².